The van der Waals surface area contributed by atoms with Crippen molar-refractivity contribution in [1.29, 1.82) is 0 Å². The fourth-order valence-electron chi connectivity index (χ4n) is 1.96. The van der Waals surface area contributed by atoms with E-state index in [4.69, 9.17) is 0 Å². The van der Waals surface area contributed by atoms with Crippen LogP contribution in [0.2, 0.25) is 0 Å². The maximum absolute atomic E-state index is 12.6. The number of nitrogens with zero attached hydrogens (tertiary/aromatic N) is 2. The van der Waals surface area contributed by atoms with Gasteiger partial charge in [0.15, 0.2) is 0 Å². The Hall–Kier alpha value is -2.35. The number of nitrogens with one attached hydrogen (secondary N) is 1. The van der Waals surface area contributed by atoms with Crippen LogP contribution in [-0.4, -0.2) is 15.3 Å². The molecule has 1 N–H and O–H groups in total. The van der Waals surface area contributed by atoms with Crippen molar-refractivity contribution >= 4 is 22.9 Å². The average molecular weight is 325 g/mol. The first-order valence-corrected chi connectivity index (χ1v) is 7.18. The lowest BCUT2D eigenvalue weighted by Gasteiger charge is -2.05. The molecule has 0 aromatic carbocycles. The number of carbonyl (C=O) groups is 1. The monoisotopic (exact) mass is 325 g/mol. The molecule has 3 heterocycles. The second-order valence-corrected chi connectivity index (χ2v) is 5.52. The summed E-state index contributed by atoms with van der Waals surface area (Å²) in [5.41, 5.74) is 0.143. The van der Waals surface area contributed by atoms with Crippen molar-refractivity contribution in [3.63, 3.8) is 0 Å². The minimum atomic E-state index is -4.40. The quantitative estimate of drug-likeness (QED) is 0.803. The Morgan fingerprint density at radius 3 is 2.77 bits per heavy atom. The van der Waals surface area contributed by atoms with Gasteiger partial charge in [-0.15, -0.1) is 11.3 Å². The van der Waals surface area contributed by atoms with E-state index in [9.17, 15) is 18.0 Å². The van der Waals surface area contributed by atoms with Gasteiger partial charge in [-0.2, -0.15) is 13.2 Å². The molecule has 4 nitrogen and oxygen atoms in total. The van der Waals surface area contributed by atoms with Gasteiger partial charge in [-0.1, -0.05) is 6.07 Å². The van der Waals surface area contributed by atoms with Crippen LogP contribution >= 0.6 is 11.3 Å². The van der Waals surface area contributed by atoms with E-state index in [1.165, 1.54) is 28.0 Å². The van der Waals surface area contributed by atoms with E-state index in [0.29, 0.717) is 16.2 Å². The van der Waals surface area contributed by atoms with Crippen LogP contribution in [0.5, 0.6) is 0 Å². The number of rotatable bonds is 3. The van der Waals surface area contributed by atoms with Gasteiger partial charge in [0.2, 0.25) is 0 Å². The summed E-state index contributed by atoms with van der Waals surface area (Å²) in [5, 5.41) is 4.47. The van der Waals surface area contributed by atoms with Crippen molar-refractivity contribution in [3.05, 3.63) is 58.2 Å². The fourth-order valence-corrected chi connectivity index (χ4v) is 2.60. The molecule has 3 aromatic rings. The second kappa shape index (κ2) is 5.45. The molecule has 0 spiro atoms. The number of thiophene rings is 1. The number of pyridine rings is 1. The summed E-state index contributed by atoms with van der Waals surface area (Å²) in [6.45, 7) is 0.153. The van der Waals surface area contributed by atoms with Crippen LogP contribution in [0.15, 0.2) is 42.0 Å². The van der Waals surface area contributed by atoms with Crippen molar-refractivity contribution in [1.82, 2.24) is 14.7 Å². The van der Waals surface area contributed by atoms with Crippen molar-refractivity contribution in [2.75, 3.05) is 0 Å². The first kappa shape index (κ1) is 14.6. The Labute approximate surface area is 127 Å². The minimum absolute atomic E-state index is 0.153. The van der Waals surface area contributed by atoms with Crippen LogP contribution in [-0.2, 0) is 12.7 Å². The summed E-state index contributed by atoms with van der Waals surface area (Å²) >= 11 is 1.31. The molecule has 0 fully saturated rings. The molecule has 0 aliphatic heterocycles. The third kappa shape index (κ3) is 2.96. The van der Waals surface area contributed by atoms with E-state index in [-0.39, 0.29) is 12.5 Å². The van der Waals surface area contributed by atoms with Gasteiger partial charge in [-0.3, -0.25) is 4.79 Å². The molecule has 3 rings (SSSR count). The molecule has 0 saturated carbocycles. The van der Waals surface area contributed by atoms with Gasteiger partial charge in [-0.05, 0) is 23.6 Å². The third-order valence-electron chi connectivity index (χ3n) is 3.00. The number of hydrogen-bond donors (Lipinski definition) is 1. The Kier molecular flexibility index (Phi) is 3.61. The molecule has 3 aromatic heterocycles. The Morgan fingerprint density at radius 1 is 1.27 bits per heavy atom. The van der Waals surface area contributed by atoms with E-state index in [2.05, 4.69) is 10.3 Å². The normalized spacial score (nSPS) is 11.8. The van der Waals surface area contributed by atoms with Gasteiger partial charge < -0.3 is 9.72 Å². The van der Waals surface area contributed by atoms with E-state index in [0.717, 1.165) is 12.3 Å². The highest BCUT2D eigenvalue weighted by Gasteiger charge is 2.30. The highest BCUT2D eigenvalue weighted by atomic mass is 32.1. The summed E-state index contributed by atoms with van der Waals surface area (Å²) in [4.78, 5) is 16.5. The fraction of sp³-hybridized carbons (Fsp3) is 0.143. The van der Waals surface area contributed by atoms with E-state index < -0.39 is 11.7 Å². The number of fused-ring (bicyclic) bond motifs is 1. The molecular weight excluding hydrogens is 315 g/mol. The Bertz CT molecular complexity index is 808. The number of aromatic nitrogens is 2. The number of alkyl halides is 3. The zero-order valence-corrected chi connectivity index (χ0v) is 11.9. The van der Waals surface area contributed by atoms with Crippen LogP contribution in [0.1, 0.15) is 20.9 Å². The highest BCUT2D eigenvalue weighted by molar-refractivity contribution is 7.12. The van der Waals surface area contributed by atoms with Crippen LogP contribution in [0, 0.1) is 0 Å². The average Bonchev–Trinajstić information content (AvgIpc) is 3.11. The SMILES string of the molecule is O=C(NCc1cn2cc(C(F)(F)F)ccc2n1)c1cccs1. The van der Waals surface area contributed by atoms with Crippen LogP contribution in [0.25, 0.3) is 5.65 Å². The second-order valence-electron chi connectivity index (χ2n) is 4.57. The van der Waals surface area contributed by atoms with Crippen molar-refractivity contribution in [3.8, 4) is 0 Å². The Morgan fingerprint density at radius 2 is 2.09 bits per heavy atom. The summed E-state index contributed by atoms with van der Waals surface area (Å²) in [6, 6.07) is 5.74. The maximum atomic E-state index is 12.6. The topological polar surface area (TPSA) is 46.4 Å². The van der Waals surface area contributed by atoms with Gasteiger partial charge in [0, 0.05) is 12.4 Å². The summed E-state index contributed by atoms with van der Waals surface area (Å²) in [5.74, 6) is -0.233. The predicted octanol–water partition coefficient (Wildman–Crippen LogP) is 3.34. The van der Waals surface area contributed by atoms with Gasteiger partial charge >= 0.3 is 6.18 Å². The van der Waals surface area contributed by atoms with Gasteiger partial charge in [-0.25, -0.2) is 4.98 Å². The van der Waals surface area contributed by atoms with Crippen LogP contribution < -0.4 is 5.32 Å². The molecule has 0 bridgehead atoms. The summed E-state index contributed by atoms with van der Waals surface area (Å²) < 4.78 is 39.2. The highest BCUT2D eigenvalue weighted by Crippen LogP contribution is 2.29. The van der Waals surface area contributed by atoms with Gasteiger partial charge in [0.25, 0.3) is 5.91 Å². The van der Waals surface area contributed by atoms with Crippen LogP contribution in [0.4, 0.5) is 13.2 Å². The molecule has 0 aliphatic rings. The van der Waals surface area contributed by atoms with Crippen molar-refractivity contribution in [2.24, 2.45) is 0 Å². The zero-order valence-electron chi connectivity index (χ0n) is 11.1. The molecule has 0 saturated heterocycles. The van der Waals surface area contributed by atoms with Gasteiger partial charge in [0.1, 0.15) is 5.65 Å². The molecule has 114 valence electrons. The molecule has 0 radical (unpaired) electrons. The van der Waals surface area contributed by atoms with E-state index in [1.54, 1.807) is 17.5 Å². The summed E-state index contributed by atoms with van der Waals surface area (Å²) in [7, 11) is 0. The number of carbonyl (C=O) groups excluding carboxylic acids is 1. The molecule has 22 heavy (non-hydrogen) atoms. The number of imidazole rings is 1. The summed E-state index contributed by atoms with van der Waals surface area (Å²) in [6.07, 6.45) is -1.95. The smallest absolute Gasteiger partial charge is 0.346 e. The molecular formula is C14H10F3N3OS. The number of amides is 1. The lowest BCUT2D eigenvalue weighted by Crippen LogP contribution is -2.21. The molecule has 8 heteroatoms. The molecule has 0 aliphatic carbocycles. The first-order valence-electron chi connectivity index (χ1n) is 6.30. The lowest BCUT2D eigenvalue weighted by atomic mass is 10.3. The standard InChI is InChI=1S/C14H10F3N3OS/c15-14(16,17)9-3-4-12-19-10(8-20(12)7-9)6-18-13(21)11-2-1-5-22-11/h1-5,7-8H,6H2,(H,18,21). The maximum Gasteiger partial charge on any atom is 0.417 e. The first-order chi connectivity index (χ1) is 10.4. The van der Waals surface area contributed by atoms with Crippen molar-refractivity contribution < 1.29 is 18.0 Å². The minimum Gasteiger partial charge on any atom is -0.346 e. The van der Waals surface area contributed by atoms with E-state index >= 15 is 0 Å². The third-order valence-corrected chi connectivity index (χ3v) is 3.87. The molecule has 0 unspecified atom stereocenters. The number of halogens is 3. The Balaban J connectivity index is 1.76. The molecule has 0 atom stereocenters. The predicted molar refractivity (Wildman–Crippen MR) is 75.7 cm³/mol. The molecule has 1 amide bonds. The van der Waals surface area contributed by atoms with E-state index in [1.807, 2.05) is 0 Å². The van der Waals surface area contributed by atoms with Crippen molar-refractivity contribution in [2.45, 2.75) is 12.7 Å². The zero-order chi connectivity index (χ0) is 15.7. The van der Waals surface area contributed by atoms with Gasteiger partial charge in [0.05, 0.1) is 22.7 Å². The number of hydrogen-bond acceptors (Lipinski definition) is 3. The lowest BCUT2D eigenvalue weighted by molar-refractivity contribution is -0.137. The largest absolute Gasteiger partial charge is 0.417 e. The van der Waals surface area contributed by atoms with Crippen LogP contribution in [0.3, 0.4) is 0 Å².